The summed E-state index contributed by atoms with van der Waals surface area (Å²) in [4.78, 5) is 21.2. The number of amides is 1. The van der Waals surface area contributed by atoms with Gasteiger partial charge in [0.2, 0.25) is 0 Å². The largest absolute Gasteiger partial charge is 0.345 e. The molecule has 0 spiro atoms. The first-order valence-corrected chi connectivity index (χ1v) is 9.80. The molecule has 2 N–H and O–H groups in total. The van der Waals surface area contributed by atoms with Crippen LogP contribution >= 0.6 is 0 Å². The summed E-state index contributed by atoms with van der Waals surface area (Å²) in [5.41, 5.74) is 3.66. The number of aromatic amines is 1. The molecule has 0 saturated heterocycles. The maximum absolute atomic E-state index is 13.2. The average Bonchev–Trinajstić information content (AvgIpc) is 3.29. The lowest BCUT2D eigenvalue weighted by Crippen LogP contribution is -2.32. The van der Waals surface area contributed by atoms with Gasteiger partial charge in [0.05, 0.1) is 17.1 Å². The lowest BCUT2D eigenvalue weighted by molar-refractivity contribution is 0.0925. The third-order valence-electron chi connectivity index (χ3n) is 5.22. The molecule has 0 bridgehead atoms. The predicted molar refractivity (Wildman–Crippen MR) is 113 cm³/mol. The molecule has 2 aromatic heterocycles. The quantitative estimate of drug-likeness (QED) is 0.503. The number of nitrogens with one attached hydrogen (secondary N) is 2. The van der Waals surface area contributed by atoms with Crippen LogP contribution in [0.2, 0.25) is 0 Å². The van der Waals surface area contributed by atoms with Gasteiger partial charge < -0.3 is 14.9 Å². The van der Waals surface area contributed by atoms with Crippen molar-refractivity contribution >= 4 is 27.8 Å². The molecule has 4 rings (SSSR count). The first kappa shape index (κ1) is 18.3. The highest BCUT2D eigenvalue weighted by molar-refractivity contribution is 6.06. The van der Waals surface area contributed by atoms with Crippen LogP contribution in [-0.2, 0) is 0 Å². The Bertz CT molecular complexity index is 1100. The Hall–Kier alpha value is -3.08. The molecule has 1 atom stereocenters. The summed E-state index contributed by atoms with van der Waals surface area (Å²) in [5, 5.41) is 4.17. The topological polar surface area (TPSA) is 62.7 Å². The zero-order chi connectivity index (χ0) is 19.8. The smallest absolute Gasteiger partial charge is 0.252 e. The number of rotatable bonds is 5. The standard InChI is InChI=1S/C23H26N4O/c1-14(2)21(22-24-18-9-5-6-10-19(18)25-22)26-23(28)17-8-7-11-20-16(17)12-13-27(20)15(3)4/h5-15,21H,1-4H3,(H,24,25)(H,26,28)/t21-/m1/s1. The van der Waals surface area contributed by atoms with Crippen LogP contribution in [0.4, 0.5) is 0 Å². The molecule has 0 aliphatic carbocycles. The molecule has 4 aromatic rings. The Labute approximate surface area is 164 Å². The average molecular weight is 374 g/mol. The second-order valence-corrected chi connectivity index (χ2v) is 7.89. The van der Waals surface area contributed by atoms with Gasteiger partial charge in [-0.1, -0.05) is 32.0 Å². The van der Waals surface area contributed by atoms with Crippen LogP contribution in [0.15, 0.2) is 54.7 Å². The van der Waals surface area contributed by atoms with Gasteiger partial charge in [0.15, 0.2) is 0 Å². The second-order valence-electron chi connectivity index (χ2n) is 7.89. The van der Waals surface area contributed by atoms with Gasteiger partial charge in [0, 0.05) is 28.7 Å². The molecule has 0 saturated carbocycles. The molecular weight excluding hydrogens is 348 g/mol. The molecule has 2 heterocycles. The molecule has 0 unspecified atom stereocenters. The van der Waals surface area contributed by atoms with Gasteiger partial charge in [0.1, 0.15) is 5.82 Å². The van der Waals surface area contributed by atoms with Crippen molar-refractivity contribution in [2.24, 2.45) is 5.92 Å². The van der Waals surface area contributed by atoms with Gasteiger partial charge in [-0.2, -0.15) is 0 Å². The first-order valence-electron chi connectivity index (χ1n) is 9.80. The van der Waals surface area contributed by atoms with Crippen LogP contribution < -0.4 is 5.32 Å². The summed E-state index contributed by atoms with van der Waals surface area (Å²) >= 11 is 0. The summed E-state index contributed by atoms with van der Waals surface area (Å²) < 4.78 is 2.19. The molecule has 0 aliphatic heterocycles. The molecule has 144 valence electrons. The number of hydrogen-bond donors (Lipinski definition) is 2. The minimum absolute atomic E-state index is 0.0775. The highest BCUT2D eigenvalue weighted by Gasteiger charge is 2.23. The molecular formula is C23H26N4O. The van der Waals surface area contributed by atoms with Gasteiger partial charge in [-0.05, 0) is 50.1 Å². The Morgan fingerprint density at radius 3 is 2.54 bits per heavy atom. The molecule has 2 aromatic carbocycles. The van der Waals surface area contributed by atoms with E-state index in [1.54, 1.807) is 0 Å². The van der Waals surface area contributed by atoms with Crippen molar-refractivity contribution in [2.75, 3.05) is 0 Å². The monoisotopic (exact) mass is 374 g/mol. The first-order chi connectivity index (χ1) is 13.5. The molecule has 1 amide bonds. The highest BCUT2D eigenvalue weighted by atomic mass is 16.1. The van der Waals surface area contributed by atoms with Gasteiger partial charge in [-0.25, -0.2) is 4.98 Å². The van der Waals surface area contributed by atoms with E-state index in [0.29, 0.717) is 11.6 Å². The van der Waals surface area contributed by atoms with Gasteiger partial charge >= 0.3 is 0 Å². The van der Waals surface area contributed by atoms with Crippen molar-refractivity contribution in [3.8, 4) is 0 Å². The van der Waals surface area contributed by atoms with Crippen LogP contribution in [0.1, 0.15) is 56.0 Å². The number of carbonyl (C=O) groups excluding carboxylic acids is 1. The van der Waals surface area contributed by atoms with E-state index in [1.807, 2.05) is 48.7 Å². The van der Waals surface area contributed by atoms with Crippen molar-refractivity contribution in [2.45, 2.75) is 39.8 Å². The van der Waals surface area contributed by atoms with E-state index in [4.69, 9.17) is 4.98 Å². The Kier molecular flexibility index (Phi) is 4.67. The van der Waals surface area contributed by atoms with Crippen LogP contribution in [0.3, 0.4) is 0 Å². The number of nitrogens with zero attached hydrogens (tertiary/aromatic N) is 2. The van der Waals surface area contributed by atoms with Crippen molar-refractivity contribution in [1.82, 2.24) is 19.9 Å². The van der Waals surface area contributed by atoms with Gasteiger partial charge in [-0.3, -0.25) is 4.79 Å². The van der Waals surface area contributed by atoms with E-state index < -0.39 is 0 Å². The number of carbonyl (C=O) groups is 1. The van der Waals surface area contributed by atoms with E-state index in [1.165, 1.54) is 0 Å². The Balaban J connectivity index is 1.68. The maximum atomic E-state index is 13.2. The third-order valence-corrected chi connectivity index (χ3v) is 5.22. The molecule has 0 aliphatic rings. The summed E-state index contributed by atoms with van der Waals surface area (Å²) in [6.45, 7) is 8.47. The van der Waals surface area contributed by atoms with Gasteiger partial charge in [-0.15, -0.1) is 0 Å². The highest BCUT2D eigenvalue weighted by Crippen LogP contribution is 2.26. The Morgan fingerprint density at radius 2 is 1.82 bits per heavy atom. The maximum Gasteiger partial charge on any atom is 0.252 e. The van der Waals surface area contributed by atoms with E-state index in [9.17, 15) is 4.79 Å². The number of aromatic nitrogens is 3. The van der Waals surface area contributed by atoms with E-state index in [-0.39, 0.29) is 17.9 Å². The second kappa shape index (κ2) is 7.15. The third kappa shape index (κ3) is 3.17. The summed E-state index contributed by atoms with van der Waals surface area (Å²) in [6, 6.07) is 16.0. The summed E-state index contributed by atoms with van der Waals surface area (Å²) in [5.74, 6) is 0.909. The fraction of sp³-hybridized carbons (Fsp3) is 0.304. The van der Waals surface area contributed by atoms with Crippen molar-refractivity contribution in [3.63, 3.8) is 0 Å². The van der Waals surface area contributed by atoms with Crippen LogP contribution in [0.25, 0.3) is 21.9 Å². The van der Waals surface area contributed by atoms with Crippen molar-refractivity contribution in [1.29, 1.82) is 0 Å². The van der Waals surface area contributed by atoms with Crippen LogP contribution in [0, 0.1) is 5.92 Å². The van der Waals surface area contributed by atoms with Crippen LogP contribution in [-0.4, -0.2) is 20.4 Å². The van der Waals surface area contributed by atoms with E-state index in [2.05, 4.69) is 48.6 Å². The zero-order valence-corrected chi connectivity index (χ0v) is 16.7. The van der Waals surface area contributed by atoms with Gasteiger partial charge in [0.25, 0.3) is 5.91 Å². The lowest BCUT2D eigenvalue weighted by Gasteiger charge is -2.20. The summed E-state index contributed by atoms with van der Waals surface area (Å²) in [6.07, 6.45) is 2.05. The molecule has 5 heteroatoms. The SMILES string of the molecule is CC(C)[C@@H](NC(=O)c1cccc2c1ccn2C(C)C)c1nc2ccccc2[nH]1. The fourth-order valence-corrected chi connectivity index (χ4v) is 3.73. The number of imidazole rings is 1. The summed E-state index contributed by atoms with van der Waals surface area (Å²) in [7, 11) is 0. The fourth-order valence-electron chi connectivity index (χ4n) is 3.73. The van der Waals surface area contributed by atoms with Crippen LogP contribution in [0.5, 0.6) is 0 Å². The van der Waals surface area contributed by atoms with E-state index in [0.717, 1.165) is 27.8 Å². The molecule has 0 radical (unpaired) electrons. The molecule has 0 fully saturated rings. The minimum Gasteiger partial charge on any atom is -0.345 e. The normalized spacial score (nSPS) is 12.9. The van der Waals surface area contributed by atoms with E-state index >= 15 is 0 Å². The number of fused-ring (bicyclic) bond motifs is 2. The molecule has 5 nitrogen and oxygen atoms in total. The number of benzene rings is 2. The molecule has 28 heavy (non-hydrogen) atoms. The Morgan fingerprint density at radius 1 is 1.04 bits per heavy atom. The van der Waals surface area contributed by atoms with Crippen molar-refractivity contribution in [3.05, 3.63) is 66.1 Å². The number of hydrogen-bond acceptors (Lipinski definition) is 2. The van der Waals surface area contributed by atoms with Crippen molar-refractivity contribution < 1.29 is 4.79 Å². The lowest BCUT2D eigenvalue weighted by atomic mass is 10.0. The number of para-hydroxylation sites is 2. The minimum atomic E-state index is -0.192. The number of H-pyrrole nitrogens is 1. The zero-order valence-electron chi connectivity index (χ0n) is 16.7. The predicted octanol–water partition coefficient (Wildman–Crippen LogP) is 5.23.